The fraction of sp³-hybridized carbons (Fsp3) is 0.579. The molecule has 2 atom stereocenters. The summed E-state index contributed by atoms with van der Waals surface area (Å²) < 4.78 is 6.14. The molecule has 2 saturated heterocycles. The normalized spacial score (nSPS) is 24.3. The molecular weight excluding hydrogens is 320 g/mol. The third-order valence-corrected chi connectivity index (χ3v) is 5.13. The van der Waals surface area contributed by atoms with Gasteiger partial charge in [0.2, 0.25) is 5.91 Å². The summed E-state index contributed by atoms with van der Waals surface area (Å²) in [5, 5.41) is 12.0. The van der Waals surface area contributed by atoms with Crippen LogP contribution < -0.4 is 10.1 Å². The van der Waals surface area contributed by atoms with E-state index < -0.39 is 12.0 Å². The van der Waals surface area contributed by atoms with Gasteiger partial charge in [0.05, 0.1) is 6.04 Å². The second-order valence-electron chi connectivity index (χ2n) is 7.10. The van der Waals surface area contributed by atoms with Gasteiger partial charge in [-0.3, -0.25) is 14.9 Å². The third kappa shape index (κ3) is 4.12. The van der Waals surface area contributed by atoms with E-state index in [0.29, 0.717) is 25.9 Å². The van der Waals surface area contributed by atoms with Gasteiger partial charge in [-0.2, -0.15) is 0 Å². The zero-order valence-corrected chi connectivity index (χ0v) is 14.8. The number of amides is 1. The number of carbonyl (C=O) groups is 2. The van der Waals surface area contributed by atoms with Crippen molar-refractivity contribution in [1.82, 2.24) is 10.2 Å². The van der Waals surface area contributed by atoms with E-state index in [-0.39, 0.29) is 18.1 Å². The number of nitrogens with one attached hydrogen (secondary N) is 1. The van der Waals surface area contributed by atoms with Crippen LogP contribution in [0.4, 0.5) is 0 Å². The van der Waals surface area contributed by atoms with E-state index in [1.165, 1.54) is 5.56 Å². The highest BCUT2D eigenvalue weighted by Crippen LogP contribution is 2.25. The molecule has 1 amide bonds. The first-order valence-corrected chi connectivity index (χ1v) is 8.95. The average molecular weight is 346 g/mol. The fourth-order valence-electron chi connectivity index (χ4n) is 3.56. The smallest absolute Gasteiger partial charge is 0.320 e. The van der Waals surface area contributed by atoms with E-state index >= 15 is 0 Å². The molecule has 2 aliphatic rings. The predicted molar refractivity (Wildman–Crippen MR) is 93.7 cm³/mol. The van der Waals surface area contributed by atoms with E-state index in [1.807, 2.05) is 18.7 Å². The van der Waals surface area contributed by atoms with Crippen LogP contribution in [0.1, 0.15) is 36.8 Å². The zero-order chi connectivity index (χ0) is 18.0. The number of benzene rings is 1. The van der Waals surface area contributed by atoms with Gasteiger partial charge in [0.15, 0.2) is 0 Å². The van der Waals surface area contributed by atoms with Crippen molar-refractivity contribution in [3.8, 4) is 5.75 Å². The van der Waals surface area contributed by atoms with Crippen molar-refractivity contribution in [3.05, 3.63) is 29.3 Å². The average Bonchev–Trinajstić information content (AvgIpc) is 3.08. The number of hydrogen-bond acceptors (Lipinski definition) is 4. The number of likely N-dealkylation sites (tertiary alicyclic amines) is 1. The van der Waals surface area contributed by atoms with Crippen LogP contribution in [0, 0.1) is 13.8 Å². The second kappa shape index (κ2) is 7.44. The summed E-state index contributed by atoms with van der Waals surface area (Å²) in [6, 6.07) is 5.23. The Morgan fingerprint density at radius 2 is 1.80 bits per heavy atom. The number of nitrogens with zero attached hydrogens (tertiary/aromatic N) is 1. The monoisotopic (exact) mass is 346 g/mol. The highest BCUT2D eigenvalue weighted by molar-refractivity contribution is 5.84. The molecule has 2 heterocycles. The van der Waals surface area contributed by atoms with Gasteiger partial charge in [-0.25, -0.2) is 0 Å². The summed E-state index contributed by atoms with van der Waals surface area (Å²) >= 11 is 0. The van der Waals surface area contributed by atoms with Crippen molar-refractivity contribution in [1.29, 1.82) is 0 Å². The first kappa shape index (κ1) is 17.7. The van der Waals surface area contributed by atoms with Crippen LogP contribution in [0.25, 0.3) is 0 Å². The van der Waals surface area contributed by atoms with Crippen molar-refractivity contribution in [2.24, 2.45) is 0 Å². The van der Waals surface area contributed by atoms with Crippen LogP contribution in [0.15, 0.2) is 18.2 Å². The topological polar surface area (TPSA) is 78.9 Å². The van der Waals surface area contributed by atoms with Crippen molar-refractivity contribution in [2.45, 2.75) is 57.7 Å². The minimum atomic E-state index is -0.879. The molecule has 0 saturated carbocycles. The summed E-state index contributed by atoms with van der Waals surface area (Å²) in [4.78, 5) is 25.4. The van der Waals surface area contributed by atoms with Crippen molar-refractivity contribution in [3.63, 3.8) is 0 Å². The summed E-state index contributed by atoms with van der Waals surface area (Å²) in [5.74, 6) is 0.0661. The number of carboxylic acids is 1. The van der Waals surface area contributed by atoms with Crippen molar-refractivity contribution < 1.29 is 19.4 Å². The minimum absolute atomic E-state index is 0.0222. The Kier molecular flexibility index (Phi) is 5.27. The van der Waals surface area contributed by atoms with Crippen molar-refractivity contribution >= 4 is 11.9 Å². The zero-order valence-electron chi connectivity index (χ0n) is 14.8. The molecule has 0 radical (unpaired) electrons. The van der Waals surface area contributed by atoms with Crippen LogP contribution in [0.2, 0.25) is 0 Å². The first-order chi connectivity index (χ1) is 11.9. The highest BCUT2D eigenvalue weighted by atomic mass is 16.5. The molecule has 136 valence electrons. The van der Waals surface area contributed by atoms with Gasteiger partial charge in [-0.15, -0.1) is 0 Å². The van der Waals surface area contributed by atoms with Crippen LogP contribution in [-0.2, 0) is 9.59 Å². The Morgan fingerprint density at radius 1 is 1.12 bits per heavy atom. The minimum Gasteiger partial charge on any atom is -0.490 e. The number of rotatable bonds is 4. The maximum Gasteiger partial charge on any atom is 0.320 e. The number of ether oxygens (including phenoxy) is 1. The number of carbonyl (C=O) groups excluding carboxylic acids is 1. The SMILES string of the molecule is Cc1ccc(C)c(OC2CCN(C(=O)[C@H]3CC[C@@H](C(=O)O)N3)CC2)c1. The molecule has 6 heteroatoms. The van der Waals surface area contributed by atoms with Crippen LogP contribution in [-0.4, -0.2) is 53.2 Å². The molecule has 25 heavy (non-hydrogen) atoms. The summed E-state index contributed by atoms with van der Waals surface area (Å²) in [6.07, 6.45) is 2.82. The molecule has 0 bridgehead atoms. The van der Waals surface area contributed by atoms with Gasteiger partial charge >= 0.3 is 5.97 Å². The number of carboxylic acid groups (broad SMARTS) is 1. The van der Waals surface area contributed by atoms with E-state index in [4.69, 9.17) is 9.84 Å². The lowest BCUT2D eigenvalue weighted by Gasteiger charge is -2.34. The van der Waals surface area contributed by atoms with E-state index in [0.717, 1.165) is 24.2 Å². The van der Waals surface area contributed by atoms with Gasteiger partial charge < -0.3 is 14.7 Å². The molecule has 3 rings (SSSR count). The Hall–Kier alpha value is -2.08. The fourth-order valence-corrected chi connectivity index (χ4v) is 3.56. The van der Waals surface area contributed by atoms with E-state index in [2.05, 4.69) is 23.5 Å². The lowest BCUT2D eigenvalue weighted by Crippen LogP contribution is -2.50. The molecule has 1 aromatic carbocycles. The van der Waals surface area contributed by atoms with Gasteiger partial charge in [0.25, 0.3) is 0 Å². The summed E-state index contributed by atoms with van der Waals surface area (Å²) in [7, 11) is 0. The lowest BCUT2D eigenvalue weighted by molar-refractivity contribution is -0.139. The molecule has 0 spiro atoms. The van der Waals surface area contributed by atoms with E-state index in [1.54, 1.807) is 0 Å². The molecule has 2 aliphatic heterocycles. The number of hydrogen-bond donors (Lipinski definition) is 2. The summed E-state index contributed by atoms with van der Waals surface area (Å²) in [5.41, 5.74) is 2.30. The van der Waals surface area contributed by atoms with Crippen molar-refractivity contribution in [2.75, 3.05) is 13.1 Å². The number of aryl methyl sites for hydroxylation is 2. The molecule has 0 unspecified atom stereocenters. The van der Waals surface area contributed by atoms with Crippen LogP contribution in [0.5, 0.6) is 5.75 Å². The van der Waals surface area contributed by atoms with Crippen LogP contribution in [0.3, 0.4) is 0 Å². The Labute approximate surface area is 148 Å². The van der Waals surface area contributed by atoms with Gasteiger partial charge in [-0.05, 0) is 43.9 Å². The van der Waals surface area contributed by atoms with Gasteiger partial charge in [0.1, 0.15) is 17.9 Å². The lowest BCUT2D eigenvalue weighted by atomic mass is 10.1. The first-order valence-electron chi connectivity index (χ1n) is 8.95. The second-order valence-corrected chi connectivity index (χ2v) is 7.10. The molecule has 0 aliphatic carbocycles. The molecule has 2 N–H and O–H groups in total. The van der Waals surface area contributed by atoms with E-state index in [9.17, 15) is 9.59 Å². The Morgan fingerprint density at radius 3 is 2.44 bits per heavy atom. The standard InChI is InChI=1S/C19H26N2O4/c1-12-3-4-13(2)17(11-12)25-14-7-9-21(10-8-14)18(22)15-5-6-16(20-15)19(23)24/h3-4,11,14-16,20H,5-10H2,1-2H3,(H,23,24)/t15-,16+/m1/s1. The third-order valence-electron chi connectivity index (χ3n) is 5.13. The predicted octanol–water partition coefficient (Wildman–Crippen LogP) is 1.88. The highest BCUT2D eigenvalue weighted by Gasteiger charge is 2.36. The molecule has 0 aromatic heterocycles. The Balaban J connectivity index is 1.51. The molecule has 1 aromatic rings. The van der Waals surface area contributed by atoms with Crippen LogP contribution >= 0.6 is 0 Å². The number of aliphatic carboxylic acids is 1. The maximum absolute atomic E-state index is 12.6. The molecular formula is C19H26N2O4. The maximum atomic E-state index is 12.6. The summed E-state index contributed by atoms with van der Waals surface area (Å²) in [6.45, 7) is 5.40. The van der Waals surface area contributed by atoms with Gasteiger partial charge in [0, 0.05) is 25.9 Å². The van der Waals surface area contributed by atoms with Gasteiger partial charge in [-0.1, -0.05) is 12.1 Å². The number of piperidine rings is 1. The largest absolute Gasteiger partial charge is 0.490 e. The quantitative estimate of drug-likeness (QED) is 0.870. The Bertz CT molecular complexity index is 653. The molecule has 2 fully saturated rings. The molecule has 6 nitrogen and oxygen atoms in total.